The van der Waals surface area contributed by atoms with Gasteiger partial charge in [-0.2, -0.15) is 10.5 Å². The highest BCUT2D eigenvalue weighted by Crippen LogP contribution is 2.28. The van der Waals surface area contributed by atoms with Crippen LogP contribution in [0.4, 0.5) is 0 Å². The Balaban J connectivity index is 0.000000280. The number of nitriles is 2. The predicted octanol–water partition coefficient (Wildman–Crippen LogP) is 6.20. The standard InChI is InChI=1S/C10H9Cl2NO.C10H7Cl2NO/c2*11-9-5-7(2-1-3-13)4-8(6-14)10(9)12/h4-5,14H,1-2,6H2;4-6H,1-2H2. The van der Waals surface area contributed by atoms with Crippen LogP contribution < -0.4 is 0 Å². The number of aryl methyl sites for hydroxylation is 2. The van der Waals surface area contributed by atoms with Crippen LogP contribution in [0.15, 0.2) is 24.3 Å². The third-order valence-electron chi connectivity index (χ3n) is 3.63. The highest BCUT2D eigenvalue weighted by molar-refractivity contribution is 6.43. The van der Waals surface area contributed by atoms with Gasteiger partial charge in [0.1, 0.15) is 0 Å². The van der Waals surface area contributed by atoms with Gasteiger partial charge in [0.25, 0.3) is 0 Å². The Hall–Kier alpha value is -1.79. The van der Waals surface area contributed by atoms with E-state index in [1.807, 2.05) is 12.1 Å². The molecule has 2 aromatic rings. The Labute approximate surface area is 183 Å². The minimum atomic E-state index is -0.140. The maximum atomic E-state index is 10.6. The largest absolute Gasteiger partial charge is 0.392 e. The van der Waals surface area contributed by atoms with Crippen molar-refractivity contribution in [3.05, 3.63) is 66.6 Å². The summed E-state index contributed by atoms with van der Waals surface area (Å²) in [5.74, 6) is 0. The number of aliphatic hydroxyl groups excluding tert-OH is 1. The number of rotatable bonds is 6. The van der Waals surface area contributed by atoms with Gasteiger partial charge in [0.05, 0.1) is 38.8 Å². The summed E-state index contributed by atoms with van der Waals surface area (Å²) in [4.78, 5) is 10.6. The number of aldehydes is 1. The van der Waals surface area contributed by atoms with Gasteiger partial charge in [-0.1, -0.05) is 52.5 Å². The van der Waals surface area contributed by atoms with E-state index in [2.05, 4.69) is 0 Å². The van der Waals surface area contributed by atoms with Gasteiger partial charge in [-0.25, -0.2) is 0 Å². The average molecular weight is 458 g/mol. The summed E-state index contributed by atoms with van der Waals surface area (Å²) in [7, 11) is 0. The van der Waals surface area contributed by atoms with Crippen molar-refractivity contribution >= 4 is 52.7 Å². The predicted molar refractivity (Wildman–Crippen MR) is 112 cm³/mol. The molecule has 0 aliphatic carbocycles. The maximum Gasteiger partial charge on any atom is 0.151 e. The van der Waals surface area contributed by atoms with E-state index in [-0.39, 0.29) is 11.6 Å². The van der Waals surface area contributed by atoms with Crippen LogP contribution in [0.3, 0.4) is 0 Å². The van der Waals surface area contributed by atoms with Gasteiger partial charge in [0, 0.05) is 18.4 Å². The average Bonchev–Trinajstić information content (AvgIpc) is 2.69. The van der Waals surface area contributed by atoms with Crippen LogP contribution in [0.1, 0.15) is 39.9 Å². The molecule has 0 saturated carbocycles. The zero-order valence-electron chi connectivity index (χ0n) is 14.7. The molecule has 0 spiro atoms. The third-order valence-corrected chi connectivity index (χ3v) is 5.29. The number of nitrogens with zero attached hydrogens (tertiary/aromatic N) is 2. The number of halogens is 4. The van der Waals surface area contributed by atoms with E-state index in [0.717, 1.165) is 11.1 Å². The zero-order valence-corrected chi connectivity index (χ0v) is 17.7. The molecule has 2 rings (SSSR count). The number of carbonyl (C=O) groups is 1. The first-order chi connectivity index (χ1) is 13.4. The first-order valence-corrected chi connectivity index (χ1v) is 9.63. The van der Waals surface area contributed by atoms with E-state index < -0.39 is 0 Å². The topological polar surface area (TPSA) is 84.9 Å². The Morgan fingerprint density at radius 3 is 1.82 bits per heavy atom. The molecular weight excluding hydrogens is 442 g/mol. The fraction of sp³-hybridized carbons (Fsp3) is 0.250. The van der Waals surface area contributed by atoms with Crippen molar-refractivity contribution in [2.45, 2.75) is 32.3 Å². The summed E-state index contributed by atoms with van der Waals surface area (Å²) in [6.45, 7) is -0.140. The number of benzene rings is 2. The van der Waals surface area contributed by atoms with Crippen molar-refractivity contribution in [2.75, 3.05) is 0 Å². The molecule has 2 aromatic carbocycles. The van der Waals surface area contributed by atoms with Gasteiger partial charge in [0.15, 0.2) is 6.29 Å². The lowest BCUT2D eigenvalue weighted by Gasteiger charge is -2.06. The molecule has 0 unspecified atom stereocenters. The molecule has 0 bridgehead atoms. The Morgan fingerprint density at radius 2 is 1.36 bits per heavy atom. The second-order valence-corrected chi connectivity index (χ2v) is 7.19. The molecule has 0 atom stereocenters. The van der Waals surface area contributed by atoms with E-state index in [9.17, 15) is 4.79 Å². The van der Waals surface area contributed by atoms with Crippen LogP contribution in [0.2, 0.25) is 20.1 Å². The van der Waals surface area contributed by atoms with Gasteiger partial charge < -0.3 is 5.11 Å². The smallest absolute Gasteiger partial charge is 0.151 e. The highest BCUT2D eigenvalue weighted by atomic mass is 35.5. The normalized spacial score (nSPS) is 9.68. The van der Waals surface area contributed by atoms with E-state index in [1.165, 1.54) is 0 Å². The van der Waals surface area contributed by atoms with Crippen LogP contribution in [0.5, 0.6) is 0 Å². The lowest BCUT2D eigenvalue weighted by molar-refractivity contribution is 0.112. The molecule has 1 N–H and O–H groups in total. The molecule has 0 heterocycles. The molecule has 0 radical (unpaired) electrons. The molecule has 146 valence electrons. The number of carbonyl (C=O) groups excluding carboxylic acids is 1. The van der Waals surface area contributed by atoms with E-state index in [0.29, 0.717) is 58.2 Å². The second-order valence-electron chi connectivity index (χ2n) is 5.62. The van der Waals surface area contributed by atoms with Crippen molar-refractivity contribution in [1.82, 2.24) is 0 Å². The van der Waals surface area contributed by atoms with Crippen molar-refractivity contribution < 1.29 is 9.90 Å². The van der Waals surface area contributed by atoms with Gasteiger partial charge >= 0.3 is 0 Å². The van der Waals surface area contributed by atoms with Gasteiger partial charge in [-0.3, -0.25) is 4.79 Å². The molecule has 8 heteroatoms. The van der Waals surface area contributed by atoms with Crippen molar-refractivity contribution in [3.63, 3.8) is 0 Å². The van der Waals surface area contributed by atoms with Gasteiger partial charge in [-0.05, 0) is 47.7 Å². The summed E-state index contributed by atoms with van der Waals surface area (Å²) >= 11 is 23.3. The van der Waals surface area contributed by atoms with E-state index in [4.69, 9.17) is 62.0 Å². The van der Waals surface area contributed by atoms with Crippen molar-refractivity contribution in [2.24, 2.45) is 0 Å². The molecule has 0 amide bonds. The highest BCUT2D eigenvalue weighted by Gasteiger charge is 2.07. The summed E-state index contributed by atoms with van der Waals surface area (Å²) in [5.41, 5.74) is 2.74. The molecule has 0 aromatic heterocycles. The Bertz CT molecular complexity index is 918. The molecule has 0 aliphatic rings. The van der Waals surface area contributed by atoms with Crippen LogP contribution in [0, 0.1) is 22.7 Å². The van der Waals surface area contributed by atoms with Gasteiger partial charge in [0.2, 0.25) is 0 Å². The summed E-state index contributed by atoms with van der Waals surface area (Å²) < 4.78 is 0. The Kier molecular flexibility index (Phi) is 10.9. The SMILES string of the molecule is N#CCCc1cc(Cl)c(Cl)c(C=O)c1.N#CCCc1cc(Cl)c(Cl)c(CO)c1. The van der Waals surface area contributed by atoms with Crippen LogP contribution >= 0.6 is 46.4 Å². The van der Waals surface area contributed by atoms with Crippen molar-refractivity contribution in [1.29, 1.82) is 10.5 Å². The minimum Gasteiger partial charge on any atom is -0.392 e. The molecule has 28 heavy (non-hydrogen) atoms. The van der Waals surface area contributed by atoms with Crippen molar-refractivity contribution in [3.8, 4) is 12.1 Å². The first-order valence-electron chi connectivity index (χ1n) is 8.12. The Morgan fingerprint density at radius 1 is 0.857 bits per heavy atom. The summed E-state index contributed by atoms with van der Waals surface area (Å²) in [5, 5.41) is 27.2. The lowest BCUT2D eigenvalue weighted by Crippen LogP contribution is -1.91. The second kappa shape index (κ2) is 12.6. The lowest BCUT2D eigenvalue weighted by atomic mass is 10.1. The molecular formula is C20H16Cl4N2O2. The molecule has 0 saturated heterocycles. The number of aliphatic hydroxyl groups is 1. The van der Waals surface area contributed by atoms with Crippen LogP contribution in [-0.2, 0) is 19.4 Å². The van der Waals surface area contributed by atoms with E-state index >= 15 is 0 Å². The monoisotopic (exact) mass is 456 g/mol. The van der Waals surface area contributed by atoms with Gasteiger partial charge in [-0.15, -0.1) is 0 Å². The third kappa shape index (κ3) is 7.32. The van der Waals surface area contributed by atoms with E-state index in [1.54, 1.807) is 24.3 Å². The fourth-order valence-electron chi connectivity index (χ4n) is 2.27. The zero-order chi connectivity index (χ0) is 21.1. The minimum absolute atomic E-state index is 0.140. The van der Waals surface area contributed by atoms with Crippen LogP contribution in [0.25, 0.3) is 0 Å². The molecule has 0 fully saturated rings. The summed E-state index contributed by atoms with van der Waals surface area (Å²) in [6.07, 6.45) is 2.69. The number of hydrogen-bond donors (Lipinski definition) is 1. The molecule has 4 nitrogen and oxygen atoms in total. The first kappa shape index (κ1) is 24.2. The summed E-state index contributed by atoms with van der Waals surface area (Å²) in [6, 6.07) is 10.9. The molecule has 0 aliphatic heterocycles. The quantitative estimate of drug-likeness (QED) is 0.522. The fourth-order valence-corrected chi connectivity index (χ4v) is 3.10. The van der Waals surface area contributed by atoms with Crippen LogP contribution in [-0.4, -0.2) is 11.4 Å². The number of hydrogen-bond acceptors (Lipinski definition) is 4. The maximum absolute atomic E-state index is 10.6.